The van der Waals surface area contributed by atoms with E-state index >= 15 is 0 Å². The van der Waals surface area contributed by atoms with Crippen LogP contribution in [0.15, 0.2) is 18.3 Å². The lowest BCUT2D eigenvalue weighted by atomic mass is 9.94. The molecule has 17 heavy (non-hydrogen) atoms. The van der Waals surface area contributed by atoms with E-state index in [1.165, 1.54) is 0 Å². The maximum atomic E-state index is 12.3. The third kappa shape index (κ3) is 3.19. The maximum Gasteiger partial charge on any atom is 0.233 e. The minimum absolute atomic E-state index is 0.0600. The number of nitrogen functional groups attached to an aromatic ring is 1. The topological polar surface area (TPSA) is 59.2 Å². The summed E-state index contributed by atoms with van der Waals surface area (Å²) in [6.07, 6.45) is 1.57. The third-order valence-electron chi connectivity index (χ3n) is 2.39. The molecular weight excluding hydrogens is 214 g/mol. The van der Waals surface area contributed by atoms with Crippen molar-refractivity contribution in [2.45, 2.75) is 40.7 Å². The molecule has 0 aliphatic heterocycles. The molecule has 4 nitrogen and oxygen atoms in total. The van der Waals surface area contributed by atoms with Gasteiger partial charge in [0.2, 0.25) is 5.91 Å². The fourth-order valence-electron chi connectivity index (χ4n) is 1.50. The molecule has 0 unspecified atom stereocenters. The van der Waals surface area contributed by atoms with Gasteiger partial charge in [0.15, 0.2) is 0 Å². The molecule has 2 N–H and O–H groups in total. The van der Waals surface area contributed by atoms with Crippen molar-refractivity contribution < 1.29 is 4.79 Å². The van der Waals surface area contributed by atoms with Crippen LogP contribution in [-0.2, 0) is 4.79 Å². The molecule has 0 bridgehead atoms. The van der Waals surface area contributed by atoms with Gasteiger partial charge in [0, 0.05) is 11.5 Å². The Morgan fingerprint density at radius 3 is 2.29 bits per heavy atom. The summed E-state index contributed by atoms with van der Waals surface area (Å²) in [4.78, 5) is 18.3. The van der Waals surface area contributed by atoms with Gasteiger partial charge in [-0.25, -0.2) is 4.98 Å². The Morgan fingerprint density at radius 1 is 1.35 bits per heavy atom. The lowest BCUT2D eigenvalue weighted by Crippen LogP contribution is -2.44. The van der Waals surface area contributed by atoms with E-state index in [4.69, 9.17) is 5.73 Å². The molecule has 0 aliphatic carbocycles. The smallest absolute Gasteiger partial charge is 0.233 e. The molecule has 1 aromatic rings. The molecule has 1 rings (SSSR count). The second-order valence-corrected chi connectivity index (χ2v) is 5.47. The Bertz CT molecular complexity index is 390. The minimum Gasteiger partial charge on any atom is -0.397 e. The Labute approximate surface area is 103 Å². The number of amides is 1. The number of hydrogen-bond acceptors (Lipinski definition) is 3. The number of aromatic nitrogens is 1. The summed E-state index contributed by atoms with van der Waals surface area (Å²) in [6.45, 7) is 9.66. The summed E-state index contributed by atoms with van der Waals surface area (Å²) in [5, 5.41) is 0. The Balaban J connectivity index is 3.10. The van der Waals surface area contributed by atoms with Crippen LogP contribution in [0.2, 0.25) is 0 Å². The van der Waals surface area contributed by atoms with Crippen LogP contribution in [0.25, 0.3) is 0 Å². The maximum absolute atomic E-state index is 12.3. The van der Waals surface area contributed by atoms with Gasteiger partial charge in [-0.2, -0.15) is 0 Å². The summed E-state index contributed by atoms with van der Waals surface area (Å²) in [7, 11) is 0. The summed E-state index contributed by atoms with van der Waals surface area (Å²) < 4.78 is 0. The van der Waals surface area contributed by atoms with E-state index in [2.05, 4.69) is 4.98 Å². The normalized spacial score (nSPS) is 11.6. The minimum atomic E-state index is -0.423. The second kappa shape index (κ2) is 4.73. The predicted molar refractivity (Wildman–Crippen MR) is 70.7 cm³/mol. The monoisotopic (exact) mass is 235 g/mol. The molecule has 0 saturated carbocycles. The van der Waals surface area contributed by atoms with Gasteiger partial charge in [0.1, 0.15) is 5.82 Å². The van der Waals surface area contributed by atoms with Crippen molar-refractivity contribution in [1.29, 1.82) is 0 Å². The van der Waals surface area contributed by atoms with E-state index in [1.54, 1.807) is 23.2 Å². The zero-order valence-corrected chi connectivity index (χ0v) is 11.2. The molecule has 94 valence electrons. The standard InChI is InChI=1S/C13H21N3O/c1-9(2)16(12(17)13(3,4)5)11-7-6-10(14)8-15-11/h6-9H,14H2,1-5H3. The first-order chi connectivity index (χ1) is 7.73. The van der Waals surface area contributed by atoms with Gasteiger partial charge in [-0.1, -0.05) is 20.8 Å². The summed E-state index contributed by atoms with van der Waals surface area (Å²) in [5.41, 5.74) is 5.77. The zero-order valence-electron chi connectivity index (χ0n) is 11.2. The number of hydrogen-bond donors (Lipinski definition) is 1. The molecule has 0 atom stereocenters. The Morgan fingerprint density at radius 2 is 1.94 bits per heavy atom. The molecule has 0 spiro atoms. The Kier molecular flexibility index (Phi) is 3.76. The fraction of sp³-hybridized carbons (Fsp3) is 0.538. The highest BCUT2D eigenvalue weighted by atomic mass is 16.2. The van der Waals surface area contributed by atoms with E-state index in [-0.39, 0.29) is 11.9 Å². The molecule has 1 aromatic heterocycles. The van der Waals surface area contributed by atoms with Gasteiger partial charge in [0.05, 0.1) is 11.9 Å². The van der Waals surface area contributed by atoms with Crippen LogP contribution in [0.3, 0.4) is 0 Å². The van der Waals surface area contributed by atoms with Crippen LogP contribution in [0.1, 0.15) is 34.6 Å². The highest BCUT2D eigenvalue weighted by Crippen LogP contribution is 2.24. The molecule has 0 aromatic carbocycles. The van der Waals surface area contributed by atoms with Crippen molar-refractivity contribution in [3.05, 3.63) is 18.3 Å². The van der Waals surface area contributed by atoms with Crippen molar-refractivity contribution in [2.24, 2.45) is 5.41 Å². The van der Waals surface area contributed by atoms with Gasteiger partial charge in [-0.05, 0) is 26.0 Å². The van der Waals surface area contributed by atoms with Crippen LogP contribution >= 0.6 is 0 Å². The molecule has 0 saturated heterocycles. The number of carbonyl (C=O) groups is 1. The van der Waals surface area contributed by atoms with Gasteiger partial charge in [0.25, 0.3) is 0 Å². The highest BCUT2D eigenvalue weighted by Gasteiger charge is 2.30. The third-order valence-corrected chi connectivity index (χ3v) is 2.39. The quantitative estimate of drug-likeness (QED) is 0.856. The lowest BCUT2D eigenvalue weighted by molar-refractivity contribution is -0.126. The molecule has 4 heteroatoms. The Hall–Kier alpha value is -1.58. The van der Waals surface area contributed by atoms with E-state index in [0.29, 0.717) is 11.5 Å². The van der Waals surface area contributed by atoms with Gasteiger partial charge in [-0.3, -0.25) is 9.69 Å². The predicted octanol–water partition coefficient (Wildman–Crippen LogP) is 2.45. The molecule has 1 heterocycles. The molecule has 0 aliphatic rings. The summed E-state index contributed by atoms with van der Waals surface area (Å²) in [6, 6.07) is 3.60. The number of anilines is 2. The van der Waals surface area contributed by atoms with Crippen LogP contribution in [0, 0.1) is 5.41 Å². The first-order valence-corrected chi connectivity index (χ1v) is 5.78. The average Bonchev–Trinajstić information content (AvgIpc) is 2.19. The van der Waals surface area contributed by atoms with E-state index in [0.717, 1.165) is 0 Å². The number of pyridine rings is 1. The molecule has 1 amide bonds. The van der Waals surface area contributed by atoms with Crippen molar-refractivity contribution in [3.63, 3.8) is 0 Å². The van der Waals surface area contributed by atoms with Gasteiger partial charge < -0.3 is 5.73 Å². The van der Waals surface area contributed by atoms with E-state index in [1.807, 2.05) is 34.6 Å². The second-order valence-electron chi connectivity index (χ2n) is 5.47. The van der Waals surface area contributed by atoms with Crippen LogP contribution in [0.4, 0.5) is 11.5 Å². The largest absolute Gasteiger partial charge is 0.397 e. The summed E-state index contributed by atoms with van der Waals surface area (Å²) in [5.74, 6) is 0.707. The number of nitrogens with zero attached hydrogens (tertiary/aromatic N) is 2. The van der Waals surface area contributed by atoms with Crippen molar-refractivity contribution in [2.75, 3.05) is 10.6 Å². The number of carbonyl (C=O) groups excluding carboxylic acids is 1. The SMILES string of the molecule is CC(C)N(C(=O)C(C)(C)C)c1ccc(N)cn1. The van der Waals surface area contributed by atoms with Crippen molar-refractivity contribution in [1.82, 2.24) is 4.98 Å². The van der Waals surface area contributed by atoms with Gasteiger partial charge >= 0.3 is 0 Å². The van der Waals surface area contributed by atoms with Crippen LogP contribution < -0.4 is 10.6 Å². The number of rotatable bonds is 2. The van der Waals surface area contributed by atoms with E-state index < -0.39 is 5.41 Å². The first-order valence-electron chi connectivity index (χ1n) is 5.78. The van der Waals surface area contributed by atoms with Crippen molar-refractivity contribution >= 4 is 17.4 Å². The molecular formula is C13H21N3O. The number of nitrogens with two attached hydrogens (primary N) is 1. The highest BCUT2D eigenvalue weighted by molar-refractivity contribution is 5.96. The first kappa shape index (κ1) is 13.5. The molecule has 0 fully saturated rings. The lowest BCUT2D eigenvalue weighted by Gasteiger charge is -2.31. The van der Waals surface area contributed by atoms with Crippen molar-refractivity contribution in [3.8, 4) is 0 Å². The average molecular weight is 235 g/mol. The fourth-order valence-corrected chi connectivity index (χ4v) is 1.50. The van der Waals surface area contributed by atoms with E-state index in [9.17, 15) is 4.79 Å². The summed E-state index contributed by atoms with van der Waals surface area (Å²) >= 11 is 0. The zero-order chi connectivity index (χ0) is 13.2. The molecule has 0 radical (unpaired) electrons. The van der Waals surface area contributed by atoms with Gasteiger partial charge in [-0.15, -0.1) is 0 Å². The van der Waals surface area contributed by atoms with Crippen LogP contribution in [-0.4, -0.2) is 16.9 Å². The van der Waals surface area contributed by atoms with Crippen LogP contribution in [0.5, 0.6) is 0 Å².